The van der Waals surface area contributed by atoms with Crippen LogP contribution in [-0.4, -0.2) is 6.34 Å². The molecule has 0 unspecified atom stereocenters. The molecule has 0 aliphatic carbocycles. The minimum absolute atomic E-state index is 0.564. The maximum Gasteiger partial charge on any atom is 0.240 e. The van der Waals surface area contributed by atoms with E-state index in [2.05, 4.69) is 10.3 Å². The van der Waals surface area contributed by atoms with Crippen molar-refractivity contribution < 1.29 is 4.99 Å². The predicted octanol–water partition coefficient (Wildman–Crippen LogP) is 4.15. The summed E-state index contributed by atoms with van der Waals surface area (Å²) >= 11 is 23.6. The molecule has 0 radical (unpaired) electrons. The van der Waals surface area contributed by atoms with E-state index in [1.807, 2.05) is 0 Å². The van der Waals surface area contributed by atoms with Gasteiger partial charge in [-0.25, -0.2) is 10.3 Å². The van der Waals surface area contributed by atoms with Crippen LogP contribution in [0, 0.1) is 0 Å². The molecular formula is C13H9Cl4N2+. The normalized spacial score (nSPS) is 10.9. The molecule has 6 heteroatoms. The number of anilines is 1. The van der Waals surface area contributed by atoms with Crippen LogP contribution in [0.4, 0.5) is 11.4 Å². The first-order valence-corrected chi connectivity index (χ1v) is 6.81. The molecule has 0 spiro atoms. The lowest BCUT2D eigenvalue weighted by atomic mass is 10.3. The van der Waals surface area contributed by atoms with E-state index in [1.165, 1.54) is 0 Å². The number of hydrogen-bond acceptors (Lipinski definition) is 0. The fourth-order valence-electron chi connectivity index (χ4n) is 1.48. The number of nitrogens with one attached hydrogen (secondary N) is 2. The van der Waals surface area contributed by atoms with Gasteiger partial charge >= 0.3 is 0 Å². The van der Waals surface area contributed by atoms with Crippen LogP contribution in [0.5, 0.6) is 0 Å². The highest BCUT2D eigenvalue weighted by Gasteiger charge is 2.01. The zero-order chi connectivity index (χ0) is 13.8. The minimum atomic E-state index is 0.564. The van der Waals surface area contributed by atoms with Crippen LogP contribution < -0.4 is 10.3 Å². The Hall–Kier alpha value is -0.930. The first-order chi connectivity index (χ1) is 9.02. The van der Waals surface area contributed by atoms with Crippen LogP contribution in [0.15, 0.2) is 36.4 Å². The molecule has 0 aliphatic rings. The molecule has 2 rings (SSSR count). The van der Waals surface area contributed by atoms with E-state index in [0.717, 1.165) is 11.4 Å². The monoisotopic (exact) mass is 333 g/mol. The van der Waals surface area contributed by atoms with Gasteiger partial charge in [-0.1, -0.05) is 46.4 Å². The Morgan fingerprint density at radius 1 is 0.737 bits per heavy atom. The molecule has 98 valence electrons. The smallest absolute Gasteiger partial charge is 0.240 e. The lowest BCUT2D eigenvalue weighted by molar-refractivity contribution is -0.347. The second kappa shape index (κ2) is 6.49. The summed E-state index contributed by atoms with van der Waals surface area (Å²) in [6.07, 6.45) is 1.64. The van der Waals surface area contributed by atoms with Crippen LogP contribution in [-0.2, 0) is 0 Å². The summed E-state index contributed by atoms with van der Waals surface area (Å²) in [4.78, 5) is 3.02. The minimum Gasteiger partial charge on any atom is -0.247 e. The van der Waals surface area contributed by atoms with Gasteiger partial charge in [0.1, 0.15) is 11.4 Å². The van der Waals surface area contributed by atoms with Crippen molar-refractivity contribution in [2.75, 3.05) is 5.32 Å². The van der Waals surface area contributed by atoms with Gasteiger partial charge in [-0.3, -0.25) is 0 Å². The Morgan fingerprint density at radius 3 is 1.74 bits per heavy atom. The van der Waals surface area contributed by atoms with Crippen molar-refractivity contribution in [2.45, 2.75) is 0 Å². The van der Waals surface area contributed by atoms with Gasteiger partial charge in [-0.05, 0) is 12.1 Å². The van der Waals surface area contributed by atoms with Gasteiger partial charge in [0.15, 0.2) is 0 Å². The molecule has 0 aromatic heterocycles. The first-order valence-electron chi connectivity index (χ1n) is 5.30. The molecule has 0 atom stereocenters. The predicted molar refractivity (Wildman–Crippen MR) is 83.2 cm³/mol. The molecule has 19 heavy (non-hydrogen) atoms. The third kappa shape index (κ3) is 4.59. The largest absolute Gasteiger partial charge is 0.247 e. The molecule has 2 N–H and O–H groups in total. The standard InChI is InChI=1S/C13H8Cl4N2/c14-8-1-9(15)4-12(3-8)18-7-19-13-5-10(16)2-11(17)6-13/h1-7H,(H,18,19)/p+1. The van der Waals surface area contributed by atoms with Crippen LogP contribution >= 0.6 is 46.4 Å². The Bertz CT molecular complexity index is 586. The van der Waals surface area contributed by atoms with E-state index >= 15 is 0 Å². The third-order valence-electron chi connectivity index (χ3n) is 2.20. The lowest BCUT2D eigenvalue weighted by Crippen LogP contribution is -2.63. The van der Waals surface area contributed by atoms with Gasteiger partial charge in [-0.2, -0.15) is 0 Å². The molecule has 2 aromatic rings. The molecule has 0 fully saturated rings. The van der Waals surface area contributed by atoms with Crippen LogP contribution in [0.25, 0.3) is 0 Å². The van der Waals surface area contributed by atoms with Crippen molar-refractivity contribution in [3.8, 4) is 0 Å². The average Bonchev–Trinajstić information content (AvgIpc) is 2.26. The maximum atomic E-state index is 5.89. The molecule has 0 aliphatic heterocycles. The summed E-state index contributed by atoms with van der Waals surface area (Å²) in [5, 5.41) is 5.28. The molecule has 0 saturated carbocycles. The van der Waals surface area contributed by atoms with Crippen molar-refractivity contribution in [1.82, 2.24) is 0 Å². The second-order valence-corrected chi connectivity index (χ2v) is 5.50. The average molecular weight is 335 g/mol. The van der Waals surface area contributed by atoms with Gasteiger partial charge in [0.2, 0.25) is 6.34 Å². The topological polar surface area (TPSA) is 26.0 Å². The van der Waals surface area contributed by atoms with E-state index in [4.69, 9.17) is 46.4 Å². The van der Waals surface area contributed by atoms with E-state index in [9.17, 15) is 0 Å². The van der Waals surface area contributed by atoms with E-state index in [1.54, 1.807) is 42.7 Å². The molecule has 0 amide bonds. The van der Waals surface area contributed by atoms with E-state index in [0.29, 0.717) is 20.1 Å². The third-order valence-corrected chi connectivity index (χ3v) is 3.08. The highest BCUT2D eigenvalue weighted by Crippen LogP contribution is 2.22. The van der Waals surface area contributed by atoms with Crippen LogP contribution in [0.1, 0.15) is 0 Å². The van der Waals surface area contributed by atoms with Gasteiger partial charge in [0.05, 0.1) is 0 Å². The summed E-state index contributed by atoms with van der Waals surface area (Å²) in [7, 11) is 0. The Labute approximate surface area is 131 Å². The second-order valence-electron chi connectivity index (χ2n) is 3.75. The number of rotatable bonds is 3. The molecule has 0 heterocycles. The van der Waals surface area contributed by atoms with Crippen molar-refractivity contribution in [3.63, 3.8) is 0 Å². The highest BCUT2D eigenvalue weighted by atomic mass is 35.5. The zero-order valence-corrected chi connectivity index (χ0v) is 12.6. The summed E-state index contributed by atoms with van der Waals surface area (Å²) < 4.78 is 0. The lowest BCUT2D eigenvalue weighted by Gasteiger charge is -1.97. The quantitative estimate of drug-likeness (QED) is 0.640. The van der Waals surface area contributed by atoms with Gasteiger partial charge in [0, 0.05) is 44.4 Å². The summed E-state index contributed by atoms with van der Waals surface area (Å²) in [6, 6.07) is 10.4. The molecular weight excluding hydrogens is 326 g/mol. The highest BCUT2D eigenvalue weighted by molar-refractivity contribution is 6.35. The van der Waals surface area contributed by atoms with E-state index < -0.39 is 0 Å². The Kier molecular flexibility index (Phi) is 4.94. The fourth-order valence-corrected chi connectivity index (χ4v) is 2.53. The van der Waals surface area contributed by atoms with Crippen molar-refractivity contribution in [1.29, 1.82) is 0 Å². The van der Waals surface area contributed by atoms with Gasteiger partial charge in [-0.15, -0.1) is 0 Å². The molecule has 2 aromatic carbocycles. The molecule has 2 nitrogen and oxygen atoms in total. The van der Waals surface area contributed by atoms with E-state index in [-0.39, 0.29) is 0 Å². The van der Waals surface area contributed by atoms with Crippen molar-refractivity contribution in [2.24, 2.45) is 0 Å². The number of halogens is 4. The van der Waals surface area contributed by atoms with Crippen LogP contribution in [0.3, 0.4) is 0 Å². The van der Waals surface area contributed by atoms with Gasteiger partial charge in [0.25, 0.3) is 0 Å². The number of benzene rings is 2. The Morgan fingerprint density at radius 2 is 1.21 bits per heavy atom. The van der Waals surface area contributed by atoms with Gasteiger partial charge < -0.3 is 0 Å². The Balaban J connectivity index is 2.11. The SMILES string of the molecule is Clc1cc(Cl)cc(NC=[NH+]c2cc(Cl)cc(Cl)c2)c1. The summed E-state index contributed by atoms with van der Waals surface area (Å²) in [5.41, 5.74) is 1.55. The first kappa shape index (κ1) is 14.5. The van der Waals surface area contributed by atoms with Crippen molar-refractivity contribution >= 4 is 64.1 Å². The van der Waals surface area contributed by atoms with Crippen LogP contribution in [0.2, 0.25) is 20.1 Å². The number of hydrogen-bond donors (Lipinski definition) is 2. The molecule has 0 saturated heterocycles. The fraction of sp³-hybridized carbons (Fsp3) is 0. The van der Waals surface area contributed by atoms with Crippen molar-refractivity contribution in [3.05, 3.63) is 56.5 Å². The molecule has 0 bridgehead atoms. The summed E-state index contributed by atoms with van der Waals surface area (Å²) in [6.45, 7) is 0. The summed E-state index contributed by atoms with van der Waals surface area (Å²) in [5.74, 6) is 0. The maximum absolute atomic E-state index is 5.89. The zero-order valence-electron chi connectivity index (χ0n) is 9.55.